The maximum atomic E-state index is 12.2. The summed E-state index contributed by atoms with van der Waals surface area (Å²) in [6.07, 6.45) is 0. The van der Waals surface area contributed by atoms with Crippen molar-refractivity contribution in [2.24, 2.45) is 4.99 Å². The Morgan fingerprint density at radius 2 is 1.78 bits per heavy atom. The van der Waals surface area contributed by atoms with E-state index in [0.717, 1.165) is 16.9 Å². The lowest BCUT2D eigenvalue weighted by Crippen LogP contribution is -2.38. The normalized spacial score (nSPS) is 12.0. The average Bonchev–Trinajstić information content (AvgIpc) is 2.66. The largest absolute Gasteiger partial charge is 0.494 e. The fraction of sp³-hybridized carbons (Fsp3) is 0.350. The van der Waals surface area contributed by atoms with E-state index in [9.17, 15) is 4.21 Å². The highest BCUT2D eigenvalue weighted by Crippen LogP contribution is 2.17. The summed E-state index contributed by atoms with van der Waals surface area (Å²) in [5.74, 6) is 2.72. The van der Waals surface area contributed by atoms with Gasteiger partial charge in [-0.1, -0.05) is 48.5 Å². The van der Waals surface area contributed by atoms with Gasteiger partial charge in [0.05, 0.1) is 6.61 Å². The van der Waals surface area contributed by atoms with E-state index >= 15 is 0 Å². The van der Waals surface area contributed by atoms with Gasteiger partial charge in [-0.3, -0.25) is 9.20 Å². The maximum Gasteiger partial charge on any atom is 0.191 e. The number of hydrogen-bond acceptors (Lipinski definition) is 3. The minimum absolute atomic E-state index is 0. The summed E-state index contributed by atoms with van der Waals surface area (Å²) in [5.41, 5.74) is 2.17. The van der Waals surface area contributed by atoms with Crippen LogP contribution in [0.5, 0.6) is 5.75 Å². The first-order valence-electron chi connectivity index (χ1n) is 8.77. The molecule has 0 saturated heterocycles. The summed E-state index contributed by atoms with van der Waals surface area (Å²) < 4.78 is 17.8. The number of para-hydroxylation sites is 1. The third kappa shape index (κ3) is 8.75. The van der Waals surface area contributed by atoms with Crippen molar-refractivity contribution in [3.05, 3.63) is 65.7 Å². The predicted octanol–water partition coefficient (Wildman–Crippen LogP) is 3.32. The molecule has 1 unspecified atom stereocenters. The van der Waals surface area contributed by atoms with Crippen molar-refractivity contribution in [2.75, 3.05) is 26.0 Å². The highest BCUT2D eigenvalue weighted by molar-refractivity contribution is 14.0. The molecule has 0 aliphatic carbocycles. The lowest BCUT2D eigenvalue weighted by molar-refractivity contribution is 0.336. The molecule has 0 radical (unpaired) electrons. The quantitative estimate of drug-likeness (QED) is 0.315. The van der Waals surface area contributed by atoms with E-state index in [1.54, 1.807) is 7.05 Å². The van der Waals surface area contributed by atoms with Crippen LogP contribution in [0.3, 0.4) is 0 Å². The molecule has 2 aromatic rings. The van der Waals surface area contributed by atoms with Gasteiger partial charge in [0.1, 0.15) is 5.75 Å². The molecule has 0 aliphatic rings. The Kier molecular flexibility index (Phi) is 11.8. The van der Waals surface area contributed by atoms with Crippen molar-refractivity contribution in [3.63, 3.8) is 0 Å². The van der Waals surface area contributed by atoms with Gasteiger partial charge in [0.25, 0.3) is 0 Å². The molecule has 2 rings (SSSR count). The van der Waals surface area contributed by atoms with Gasteiger partial charge in [-0.25, -0.2) is 0 Å². The van der Waals surface area contributed by atoms with E-state index in [-0.39, 0.29) is 24.0 Å². The van der Waals surface area contributed by atoms with Crippen molar-refractivity contribution in [3.8, 4) is 5.75 Å². The Balaban J connectivity index is 0.00000364. The second-order valence-electron chi connectivity index (χ2n) is 5.67. The highest BCUT2D eigenvalue weighted by Gasteiger charge is 2.05. The van der Waals surface area contributed by atoms with Crippen molar-refractivity contribution >= 4 is 40.7 Å². The second-order valence-corrected chi connectivity index (χ2v) is 7.24. The molecule has 0 fully saturated rings. The second kappa shape index (κ2) is 13.5. The number of ether oxygens (including phenoxy) is 1. The number of halogens is 1. The maximum absolute atomic E-state index is 12.2. The third-order valence-corrected chi connectivity index (χ3v) is 5.05. The average molecular weight is 501 g/mol. The Hall–Kier alpha value is -1.61. The van der Waals surface area contributed by atoms with E-state index < -0.39 is 10.8 Å². The van der Waals surface area contributed by atoms with Crippen LogP contribution in [0.15, 0.2) is 59.6 Å². The SMILES string of the molecule is CCOc1ccccc1CNC(=NC)NCCS(=O)Cc1ccccc1.I. The van der Waals surface area contributed by atoms with E-state index in [4.69, 9.17) is 4.74 Å². The molecule has 0 spiro atoms. The molecule has 0 aliphatic heterocycles. The van der Waals surface area contributed by atoms with Crippen LogP contribution in [0.1, 0.15) is 18.1 Å². The van der Waals surface area contributed by atoms with Gasteiger partial charge in [-0.05, 0) is 18.6 Å². The molecule has 0 aromatic heterocycles. The van der Waals surface area contributed by atoms with E-state index in [2.05, 4.69) is 15.6 Å². The molecule has 148 valence electrons. The smallest absolute Gasteiger partial charge is 0.191 e. The van der Waals surface area contributed by atoms with Gasteiger partial charge < -0.3 is 15.4 Å². The topological polar surface area (TPSA) is 62.7 Å². The van der Waals surface area contributed by atoms with Crippen molar-refractivity contribution in [1.82, 2.24) is 10.6 Å². The molecule has 27 heavy (non-hydrogen) atoms. The van der Waals surface area contributed by atoms with Crippen LogP contribution in [-0.4, -0.2) is 36.1 Å². The number of rotatable bonds is 9. The van der Waals surface area contributed by atoms with E-state index in [1.165, 1.54) is 0 Å². The fourth-order valence-electron chi connectivity index (χ4n) is 2.46. The molecule has 0 amide bonds. The number of nitrogens with zero attached hydrogens (tertiary/aromatic N) is 1. The Morgan fingerprint density at radius 1 is 1.07 bits per heavy atom. The van der Waals surface area contributed by atoms with Crippen LogP contribution in [0.4, 0.5) is 0 Å². The minimum Gasteiger partial charge on any atom is -0.494 e. The van der Waals surface area contributed by atoms with Crippen molar-refractivity contribution < 1.29 is 8.95 Å². The van der Waals surface area contributed by atoms with Crippen LogP contribution in [0.25, 0.3) is 0 Å². The summed E-state index contributed by atoms with van der Waals surface area (Å²) in [4.78, 5) is 4.21. The molecule has 1 atom stereocenters. The lowest BCUT2D eigenvalue weighted by Gasteiger charge is -2.14. The molecule has 0 bridgehead atoms. The number of benzene rings is 2. The number of hydrogen-bond donors (Lipinski definition) is 2. The molecule has 2 N–H and O–H groups in total. The first-order chi connectivity index (χ1) is 12.7. The fourth-order valence-corrected chi connectivity index (χ4v) is 3.50. The zero-order valence-corrected chi connectivity index (χ0v) is 19.0. The first kappa shape index (κ1) is 23.4. The van der Waals surface area contributed by atoms with Crippen LogP contribution in [0, 0.1) is 0 Å². The third-order valence-electron chi connectivity index (χ3n) is 3.73. The minimum atomic E-state index is -0.901. The molecule has 5 nitrogen and oxygen atoms in total. The molecule has 0 heterocycles. The van der Waals surface area contributed by atoms with E-state index in [0.29, 0.717) is 37.2 Å². The highest BCUT2D eigenvalue weighted by atomic mass is 127. The van der Waals surface area contributed by atoms with Crippen LogP contribution in [-0.2, 0) is 23.1 Å². The molecule has 0 saturated carbocycles. The van der Waals surface area contributed by atoms with Gasteiger partial charge in [-0.2, -0.15) is 0 Å². The predicted molar refractivity (Wildman–Crippen MR) is 124 cm³/mol. The summed E-state index contributed by atoms with van der Waals surface area (Å²) in [6, 6.07) is 17.8. The molecular formula is C20H28IN3O2S. The van der Waals surface area contributed by atoms with E-state index in [1.807, 2.05) is 61.5 Å². The Morgan fingerprint density at radius 3 is 2.48 bits per heavy atom. The van der Waals surface area contributed by atoms with Gasteiger partial charge in [0.15, 0.2) is 5.96 Å². The molecule has 2 aromatic carbocycles. The molecule has 7 heteroatoms. The van der Waals surface area contributed by atoms with Gasteiger partial charge in [0, 0.05) is 48.0 Å². The van der Waals surface area contributed by atoms with Gasteiger partial charge >= 0.3 is 0 Å². The van der Waals surface area contributed by atoms with Crippen LogP contribution in [0.2, 0.25) is 0 Å². The first-order valence-corrected chi connectivity index (χ1v) is 10.3. The van der Waals surface area contributed by atoms with Crippen LogP contribution < -0.4 is 15.4 Å². The summed E-state index contributed by atoms with van der Waals surface area (Å²) in [7, 11) is 0.826. The van der Waals surface area contributed by atoms with Gasteiger partial charge in [0.2, 0.25) is 0 Å². The van der Waals surface area contributed by atoms with Crippen molar-refractivity contribution in [1.29, 1.82) is 0 Å². The number of nitrogens with one attached hydrogen (secondary N) is 2. The summed E-state index contributed by atoms with van der Waals surface area (Å²) in [6.45, 7) is 3.83. The zero-order valence-electron chi connectivity index (χ0n) is 15.8. The van der Waals surface area contributed by atoms with Crippen molar-refractivity contribution in [2.45, 2.75) is 19.2 Å². The van der Waals surface area contributed by atoms with Crippen LogP contribution >= 0.6 is 24.0 Å². The standard InChI is InChI=1S/C20H27N3O2S.HI/c1-3-25-19-12-8-7-11-18(19)15-23-20(21-2)22-13-14-26(24)16-17-9-5-4-6-10-17;/h4-12H,3,13-16H2,1-2H3,(H2,21,22,23);1H. The zero-order chi connectivity index (χ0) is 18.6. The molecular weight excluding hydrogens is 473 g/mol. The summed E-state index contributed by atoms with van der Waals surface area (Å²) >= 11 is 0. The monoisotopic (exact) mass is 501 g/mol. The lowest BCUT2D eigenvalue weighted by atomic mass is 10.2. The Labute approximate surface area is 181 Å². The van der Waals surface area contributed by atoms with Gasteiger partial charge in [-0.15, -0.1) is 24.0 Å². The Bertz CT molecular complexity index is 726. The summed E-state index contributed by atoms with van der Waals surface area (Å²) in [5, 5.41) is 6.48. The number of aliphatic imine (C=N–C) groups is 1. The number of guanidine groups is 1.